The summed E-state index contributed by atoms with van der Waals surface area (Å²) in [5, 5.41) is 13.7. The van der Waals surface area contributed by atoms with E-state index < -0.39 is 0 Å². The molecule has 5 heteroatoms. The minimum atomic E-state index is -0.346. The second-order valence-electron chi connectivity index (χ2n) is 5.29. The third-order valence-electron chi connectivity index (χ3n) is 4.00. The van der Waals surface area contributed by atoms with Crippen LogP contribution in [-0.4, -0.2) is 9.91 Å². The molecule has 0 saturated heterocycles. The molecule has 4 aromatic rings. The van der Waals surface area contributed by atoms with Crippen LogP contribution in [0.4, 0.5) is 5.69 Å². The number of halogens is 1. The molecule has 0 bridgehead atoms. The lowest BCUT2D eigenvalue weighted by atomic mass is 10.0. The summed E-state index contributed by atoms with van der Waals surface area (Å²) in [7, 11) is 0. The molecule has 0 unspecified atom stereocenters. The molecule has 0 aliphatic carbocycles. The normalized spacial score (nSPS) is 11.2. The zero-order valence-electron chi connectivity index (χ0n) is 11.9. The standard InChI is InChI=1S/C18H11BrN2O2/c19-15-9-4-8-14(18(15)21(22)23)13-7-3-6-12-11-5-1-2-10-16(11)20-17(12)13/h1-10,20H. The Morgan fingerprint density at radius 3 is 2.39 bits per heavy atom. The van der Waals surface area contributed by atoms with Crippen LogP contribution in [0.2, 0.25) is 0 Å². The highest BCUT2D eigenvalue weighted by atomic mass is 79.9. The molecule has 0 fully saturated rings. The first-order valence-corrected chi connectivity index (χ1v) is 7.89. The summed E-state index contributed by atoms with van der Waals surface area (Å²) >= 11 is 3.29. The van der Waals surface area contributed by atoms with Crippen LogP contribution in [0.3, 0.4) is 0 Å². The Balaban J connectivity index is 2.12. The zero-order chi connectivity index (χ0) is 16.0. The van der Waals surface area contributed by atoms with E-state index in [1.54, 1.807) is 12.1 Å². The second-order valence-corrected chi connectivity index (χ2v) is 6.15. The van der Waals surface area contributed by atoms with Gasteiger partial charge >= 0.3 is 0 Å². The van der Waals surface area contributed by atoms with Gasteiger partial charge in [0.15, 0.2) is 0 Å². The first kappa shape index (κ1) is 14.0. The van der Waals surface area contributed by atoms with Gasteiger partial charge in [0.1, 0.15) is 0 Å². The number of aromatic amines is 1. The van der Waals surface area contributed by atoms with Gasteiger partial charge in [0.05, 0.1) is 20.5 Å². The van der Waals surface area contributed by atoms with Gasteiger partial charge in [-0.1, -0.05) is 42.5 Å². The van der Waals surface area contributed by atoms with Crippen LogP contribution >= 0.6 is 15.9 Å². The van der Waals surface area contributed by atoms with Crippen molar-refractivity contribution in [1.82, 2.24) is 4.98 Å². The summed E-state index contributed by atoms with van der Waals surface area (Å²) in [5.74, 6) is 0. The summed E-state index contributed by atoms with van der Waals surface area (Å²) in [5.41, 5.74) is 3.44. The van der Waals surface area contributed by atoms with Crippen LogP contribution in [-0.2, 0) is 0 Å². The van der Waals surface area contributed by atoms with E-state index in [2.05, 4.69) is 20.9 Å². The molecule has 1 heterocycles. The summed E-state index contributed by atoms with van der Waals surface area (Å²) < 4.78 is 0.480. The summed E-state index contributed by atoms with van der Waals surface area (Å²) in [4.78, 5) is 14.5. The third-order valence-corrected chi connectivity index (χ3v) is 4.64. The van der Waals surface area contributed by atoms with Crippen molar-refractivity contribution >= 4 is 43.4 Å². The van der Waals surface area contributed by atoms with E-state index in [9.17, 15) is 10.1 Å². The first-order valence-electron chi connectivity index (χ1n) is 7.09. The minimum Gasteiger partial charge on any atom is -0.354 e. The quantitative estimate of drug-likeness (QED) is 0.367. The van der Waals surface area contributed by atoms with Gasteiger partial charge in [-0.15, -0.1) is 0 Å². The number of H-pyrrole nitrogens is 1. The Morgan fingerprint density at radius 1 is 0.870 bits per heavy atom. The molecule has 0 aliphatic heterocycles. The fraction of sp³-hybridized carbons (Fsp3) is 0. The summed E-state index contributed by atoms with van der Waals surface area (Å²) in [6.45, 7) is 0. The largest absolute Gasteiger partial charge is 0.354 e. The number of fused-ring (bicyclic) bond motifs is 3. The number of para-hydroxylation sites is 3. The number of nitrogens with zero attached hydrogens (tertiary/aromatic N) is 1. The number of nitro benzene ring substituents is 1. The highest BCUT2D eigenvalue weighted by Gasteiger charge is 2.21. The van der Waals surface area contributed by atoms with Crippen LogP contribution in [0.25, 0.3) is 32.9 Å². The highest BCUT2D eigenvalue weighted by molar-refractivity contribution is 9.10. The molecule has 0 radical (unpaired) electrons. The van der Waals surface area contributed by atoms with Crippen molar-refractivity contribution in [3.05, 3.63) is 75.3 Å². The molecule has 0 aliphatic rings. The van der Waals surface area contributed by atoms with Crippen LogP contribution < -0.4 is 0 Å². The van der Waals surface area contributed by atoms with Gasteiger partial charge in [0.2, 0.25) is 0 Å². The Morgan fingerprint density at radius 2 is 1.57 bits per heavy atom. The SMILES string of the molecule is O=[N+]([O-])c1c(Br)cccc1-c1cccc2c1[nH]c1ccccc12. The van der Waals surface area contributed by atoms with Crippen molar-refractivity contribution in [2.75, 3.05) is 0 Å². The number of aromatic nitrogens is 1. The Labute approximate surface area is 140 Å². The molecule has 4 rings (SSSR count). The molecule has 1 N–H and O–H groups in total. The van der Waals surface area contributed by atoms with Gasteiger partial charge in [0.25, 0.3) is 5.69 Å². The molecule has 0 amide bonds. The molecule has 3 aromatic carbocycles. The Bertz CT molecular complexity index is 1070. The average molecular weight is 367 g/mol. The molecule has 112 valence electrons. The van der Waals surface area contributed by atoms with Gasteiger partial charge in [0, 0.05) is 21.9 Å². The molecule has 1 aromatic heterocycles. The smallest absolute Gasteiger partial charge is 0.291 e. The van der Waals surface area contributed by atoms with Gasteiger partial charge in [-0.3, -0.25) is 10.1 Å². The number of nitro groups is 1. The van der Waals surface area contributed by atoms with E-state index in [4.69, 9.17) is 0 Å². The van der Waals surface area contributed by atoms with E-state index in [-0.39, 0.29) is 10.6 Å². The number of nitrogens with one attached hydrogen (secondary N) is 1. The number of hydrogen-bond acceptors (Lipinski definition) is 2. The molecular weight excluding hydrogens is 356 g/mol. The van der Waals surface area contributed by atoms with Crippen molar-refractivity contribution in [2.45, 2.75) is 0 Å². The Kier molecular flexibility index (Phi) is 3.16. The van der Waals surface area contributed by atoms with Gasteiger partial charge in [-0.05, 0) is 34.1 Å². The van der Waals surface area contributed by atoms with Crippen LogP contribution in [0, 0.1) is 10.1 Å². The summed E-state index contributed by atoms with van der Waals surface area (Å²) in [6, 6.07) is 19.2. The van der Waals surface area contributed by atoms with E-state index in [0.717, 1.165) is 27.4 Å². The maximum Gasteiger partial charge on any atom is 0.291 e. The fourth-order valence-electron chi connectivity index (χ4n) is 3.02. The second kappa shape index (κ2) is 5.21. The van der Waals surface area contributed by atoms with E-state index in [1.165, 1.54) is 0 Å². The lowest BCUT2D eigenvalue weighted by Gasteiger charge is -2.06. The number of benzene rings is 3. The van der Waals surface area contributed by atoms with Crippen molar-refractivity contribution in [1.29, 1.82) is 0 Å². The van der Waals surface area contributed by atoms with Gasteiger partial charge in [-0.25, -0.2) is 0 Å². The fourth-order valence-corrected chi connectivity index (χ4v) is 3.53. The monoisotopic (exact) mass is 366 g/mol. The predicted octanol–water partition coefficient (Wildman–Crippen LogP) is 5.66. The zero-order valence-corrected chi connectivity index (χ0v) is 13.5. The molecule has 0 spiro atoms. The third kappa shape index (κ3) is 2.12. The first-order chi connectivity index (χ1) is 11.2. The minimum absolute atomic E-state index is 0.0821. The van der Waals surface area contributed by atoms with Gasteiger partial charge < -0.3 is 4.98 Å². The highest BCUT2D eigenvalue weighted by Crippen LogP contribution is 2.40. The van der Waals surface area contributed by atoms with E-state index in [1.807, 2.05) is 48.5 Å². The lowest BCUT2D eigenvalue weighted by Crippen LogP contribution is -1.93. The van der Waals surface area contributed by atoms with E-state index >= 15 is 0 Å². The van der Waals surface area contributed by atoms with Crippen molar-refractivity contribution in [2.24, 2.45) is 0 Å². The number of rotatable bonds is 2. The van der Waals surface area contributed by atoms with Crippen LogP contribution in [0.15, 0.2) is 65.1 Å². The molecule has 4 nitrogen and oxygen atoms in total. The molecule has 0 atom stereocenters. The lowest BCUT2D eigenvalue weighted by molar-refractivity contribution is -0.385. The number of hydrogen-bond donors (Lipinski definition) is 1. The summed E-state index contributed by atoms with van der Waals surface area (Å²) in [6.07, 6.45) is 0. The van der Waals surface area contributed by atoms with Gasteiger partial charge in [-0.2, -0.15) is 0 Å². The van der Waals surface area contributed by atoms with E-state index in [0.29, 0.717) is 10.0 Å². The maximum atomic E-state index is 11.5. The Hall–Kier alpha value is -2.66. The molecular formula is C18H11BrN2O2. The molecule has 23 heavy (non-hydrogen) atoms. The van der Waals surface area contributed by atoms with Crippen LogP contribution in [0.5, 0.6) is 0 Å². The topological polar surface area (TPSA) is 58.9 Å². The van der Waals surface area contributed by atoms with Crippen molar-refractivity contribution < 1.29 is 4.92 Å². The van der Waals surface area contributed by atoms with Crippen molar-refractivity contribution in [3.63, 3.8) is 0 Å². The van der Waals surface area contributed by atoms with Crippen LogP contribution in [0.1, 0.15) is 0 Å². The van der Waals surface area contributed by atoms with Crippen molar-refractivity contribution in [3.8, 4) is 11.1 Å². The average Bonchev–Trinajstić information content (AvgIpc) is 2.93. The maximum absolute atomic E-state index is 11.5. The predicted molar refractivity (Wildman–Crippen MR) is 95.6 cm³/mol. The molecule has 0 saturated carbocycles.